The third kappa shape index (κ3) is 2.61. The molecule has 1 N–H and O–H groups in total. The average Bonchev–Trinajstić information content (AvgIpc) is 1.80. The molecule has 0 radical (unpaired) electrons. The summed E-state index contributed by atoms with van der Waals surface area (Å²) in [5, 5.41) is 9.17. The Morgan fingerprint density at radius 2 is 2.10 bits per heavy atom. The molecule has 1 aromatic carbocycles. The molecule has 0 aliphatic carbocycles. The van der Waals surface area contributed by atoms with Gasteiger partial charge in [0.05, 0.1) is 0 Å². The van der Waals surface area contributed by atoms with Crippen LogP contribution in [0, 0.1) is 6.07 Å². The molecule has 0 saturated carbocycles. The number of hydrogen-bond donors (Lipinski definition) is 1. The van der Waals surface area contributed by atoms with Crippen LogP contribution in [-0.2, 0) is 21.1 Å². The van der Waals surface area contributed by atoms with E-state index >= 15 is 0 Å². The Labute approximate surface area is 86.8 Å². The van der Waals surface area contributed by atoms with E-state index in [1.165, 1.54) is 6.07 Å². The Kier molecular flexibility index (Phi) is 4.58. The largest absolute Gasteiger partial charge is 0.534 e. The monoisotopic (exact) mass is 389 g/mol. The van der Waals surface area contributed by atoms with Gasteiger partial charge in [-0.2, -0.15) is 6.07 Å². The maximum absolute atomic E-state index is 8.78. The number of rotatable bonds is 0. The summed E-state index contributed by atoms with van der Waals surface area (Å²) in [4.78, 5) is 0. The van der Waals surface area contributed by atoms with Gasteiger partial charge in [-0.25, -0.2) is 0 Å². The fourth-order valence-electron chi connectivity index (χ4n) is 0.439. The van der Waals surface area contributed by atoms with Crippen molar-refractivity contribution in [3.05, 3.63) is 27.7 Å². The molecule has 1 nitrogen and oxygen atoms in total. The molecule has 0 aliphatic rings. The number of hydrogen-bond acceptors (Lipinski definition) is 1. The topological polar surface area (TPSA) is 20.2 Å². The van der Waals surface area contributed by atoms with Gasteiger partial charge in [0.25, 0.3) is 0 Å². The van der Waals surface area contributed by atoms with Crippen LogP contribution in [-0.4, -0.2) is 5.11 Å². The van der Waals surface area contributed by atoms with Crippen molar-refractivity contribution in [3.63, 3.8) is 0 Å². The SMILES string of the molecule is Oc1[c-]c(Cl)c(Br)cc1.[W]. The summed E-state index contributed by atoms with van der Waals surface area (Å²) in [6.07, 6.45) is 0. The van der Waals surface area contributed by atoms with Gasteiger partial charge in [0.1, 0.15) is 0 Å². The molecule has 0 atom stereocenters. The van der Waals surface area contributed by atoms with Gasteiger partial charge >= 0.3 is 0 Å². The van der Waals surface area contributed by atoms with Crippen LogP contribution in [0.3, 0.4) is 0 Å². The molecule has 4 heteroatoms. The first-order valence-corrected chi connectivity index (χ1v) is 3.43. The quantitative estimate of drug-likeness (QED) is 0.676. The van der Waals surface area contributed by atoms with E-state index in [-0.39, 0.29) is 26.8 Å². The standard InChI is InChI=1S/C6H3BrClO.W/c7-5-2-1-4(9)3-6(5)8;/h1-2,9H;/q-1;. The van der Waals surface area contributed by atoms with Gasteiger partial charge in [0.2, 0.25) is 0 Å². The first-order chi connectivity index (χ1) is 4.20. The van der Waals surface area contributed by atoms with E-state index in [0.717, 1.165) is 4.47 Å². The molecule has 0 heterocycles. The number of benzene rings is 1. The summed E-state index contributed by atoms with van der Waals surface area (Å²) in [7, 11) is 0. The van der Waals surface area contributed by atoms with Gasteiger partial charge in [0, 0.05) is 26.8 Å². The Balaban J connectivity index is 0.000000810. The normalized spacial score (nSPS) is 8.60. The first kappa shape index (κ1) is 10.5. The molecule has 1 aromatic rings. The van der Waals surface area contributed by atoms with Gasteiger partial charge in [0.15, 0.2) is 0 Å². The second-order valence-electron chi connectivity index (χ2n) is 1.51. The number of halogens is 2. The second-order valence-corrected chi connectivity index (χ2v) is 2.74. The minimum atomic E-state index is 0. The zero-order valence-electron chi connectivity index (χ0n) is 4.77. The molecule has 0 aliphatic heterocycles. The van der Waals surface area contributed by atoms with E-state index < -0.39 is 0 Å². The van der Waals surface area contributed by atoms with Gasteiger partial charge in [-0.3, -0.25) is 0 Å². The van der Waals surface area contributed by atoms with Gasteiger partial charge in [-0.1, -0.05) is 9.50 Å². The summed E-state index contributed by atoms with van der Waals surface area (Å²) >= 11 is 8.71. The van der Waals surface area contributed by atoms with Crippen LogP contribution in [0.15, 0.2) is 16.6 Å². The second kappa shape index (κ2) is 4.38. The third-order valence-electron chi connectivity index (χ3n) is 0.835. The average molecular weight is 390 g/mol. The van der Waals surface area contributed by atoms with Crippen molar-refractivity contribution in [1.29, 1.82) is 0 Å². The van der Waals surface area contributed by atoms with Crippen LogP contribution in [0.5, 0.6) is 5.75 Å². The molecule has 54 valence electrons. The number of phenolic OH excluding ortho intramolecular Hbond substituents is 1. The summed E-state index contributed by atoms with van der Waals surface area (Å²) < 4.78 is 0.738. The predicted octanol–water partition coefficient (Wildman–Crippen LogP) is 2.61. The third-order valence-corrected chi connectivity index (χ3v) is 2.02. The van der Waals surface area contributed by atoms with Crippen LogP contribution in [0.4, 0.5) is 0 Å². The predicted molar refractivity (Wildman–Crippen MR) is 39.7 cm³/mol. The van der Waals surface area contributed by atoms with Gasteiger partial charge in [-0.05, 0) is 0 Å². The summed E-state index contributed by atoms with van der Waals surface area (Å²) in [5.41, 5.74) is 0. The van der Waals surface area contributed by atoms with Crippen molar-refractivity contribution in [2.75, 3.05) is 0 Å². The minimum absolute atomic E-state index is 0. The summed E-state index contributed by atoms with van der Waals surface area (Å²) in [5.74, 6) is 0.0585. The maximum atomic E-state index is 8.78. The van der Waals surface area contributed by atoms with E-state index in [1.54, 1.807) is 6.07 Å². The Morgan fingerprint density at radius 3 is 2.50 bits per heavy atom. The van der Waals surface area contributed by atoms with Crippen molar-refractivity contribution < 1.29 is 26.2 Å². The van der Waals surface area contributed by atoms with Gasteiger partial charge in [-0.15, -0.1) is 39.7 Å². The summed E-state index contributed by atoms with van der Waals surface area (Å²) in [6, 6.07) is 5.68. The van der Waals surface area contributed by atoms with Crippen molar-refractivity contribution in [3.8, 4) is 5.75 Å². The molecule has 0 fully saturated rings. The Bertz CT molecular complexity index is 229. The van der Waals surface area contributed by atoms with E-state index in [2.05, 4.69) is 22.0 Å². The van der Waals surface area contributed by atoms with Crippen LogP contribution >= 0.6 is 27.5 Å². The van der Waals surface area contributed by atoms with Gasteiger partial charge < -0.3 is 5.11 Å². The molecule has 1 rings (SSSR count). The van der Waals surface area contributed by atoms with Crippen LogP contribution in [0.2, 0.25) is 5.02 Å². The number of aromatic hydroxyl groups is 1. The summed E-state index contributed by atoms with van der Waals surface area (Å²) in [6.45, 7) is 0. The van der Waals surface area contributed by atoms with Crippen molar-refractivity contribution >= 4 is 27.5 Å². The van der Waals surface area contributed by atoms with Crippen LogP contribution < -0.4 is 0 Å². The van der Waals surface area contributed by atoms with E-state index in [9.17, 15) is 0 Å². The number of phenols is 1. The van der Waals surface area contributed by atoms with E-state index in [1.807, 2.05) is 0 Å². The molecule has 0 amide bonds. The maximum Gasteiger partial charge on any atom is 0.00547 e. The Morgan fingerprint density at radius 1 is 1.50 bits per heavy atom. The molecular weight excluding hydrogens is 387 g/mol. The smallest absolute Gasteiger partial charge is 0.00547 e. The first-order valence-electron chi connectivity index (χ1n) is 2.26. The van der Waals surface area contributed by atoms with Crippen molar-refractivity contribution in [2.45, 2.75) is 0 Å². The molecule has 0 aromatic heterocycles. The van der Waals surface area contributed by atoms with E-state index in [0.29, 0.717) is 5.02 Å². The fraction of sp³-hybridized carbons (Fsp3) is 0. The zero-order chi connectivity index (χ0) is 6.85. The van der Waals surface area contributed by atoms with Crippen molar-refractivity contribution in [1.82, 2.24) is 0 Å². The molecule has 0 saturated heterocycles. The van der Waals surface area contributed by atoms with E-state index in [4.69, 9.17) is 16.7 Å². The van der Waals surface area contributed by atoms with Crippen molar-refractivity contribution in [2.24, 2.45) is 0 Å². The zero-order valence-corrected chi connectivity index (χ0v) is 10.0. The molecule has 0 bridgehead atoms. The van der Waals surface area contributed by atoms with Crippen LogP contribution in [0.25, 0.3) is 0 Å². The molecule has 0 spiro atoms. The molecule has 10 heavy (non-hydrogen) atoms. The molecule has 0 unspecified atom stereocenters. The minimum Gasteiger partial charge on any atom is -0.534 e. The molecular formula is C6H3BrClOW-. The Hall–Kier alpha value is 0.478. The van der Waals surface area contributed by atoms with Crippen LogP contribution in [0.1, 0.15) is 0 Å². The fourth-order valence-corrected chi connectivity index (χ4v) is 0.830.